The number of benzene rings is 3. The zero-order chi connectivity index (χ0) is 25.9. The van der Waals surface area contributed by atoms with Crippen molar-refractivity contribution in [3.8, 4) is 5.75 Å². The molecule has 3 atom stereocenters. The Morgan fingerprint density at radius 2 is 1.68 bits per heavy atom. The Balaban J connectivity index is 1.67. The Kier molecular flexibility index (Phi) is 6.86. The Labute approximate surface area is 215 Å². The number of aliphatic imine (C=N–C) groups is 1. The van der Waals surface area contributed by atoms with E-state index in [1.54, 1.807) is 24.1 Å². The minimum Gasteiger partial charge on any atom is -0.550 e. The molecule has 0 spiro atoms. The van der Waals surface area contributed by atoms with E-state index in [4.69, 9.17) is 9.73 Å². The van der Waals surface area contributed by atoms with Gasteiger partial charge < -0.3 is 19.5 Å². The van der Waals surface area contributed by atoms with Gasteiger partial charge in [0.2, 0.25) is 5.91 Å². The molecule has 1 aliphatic carbocycles. The van der Waals surface area contributed by atoms with Crippen LogP contribution in [0.25, 0.3) is 0 Å². The standard InChI is InChI=1S/C30H28N2O5/c1-37-22-11-7-10-20(16-22)30-29-24(17-21(18-26(29)33)19-8-3-2-4-9-19)31-23-12-5-6-13-25(23)32(30)27(34)14-15-28(35)36/h2-13,16,21,29-30H,14-15,17-18H2,1H3,(H,35,36)/p-1/t21-,29-,30+/m1/s1. The van der Waals surface area contributed by atoms with Crippen molar-refractivity contribution < 1.29 is 24.2 Å². The summed E-state index contributed by atoms with van der Waals surface area (Å²) in [6, 6.07) is 23.8. The quantitative estimate of drug-likeness (QED) is 0.512. The fraction of sp³-hybridized carbons (Fsp3) is 0.267. The van der Waals surface area contributed by atoms with Crippen LogP contribution in [-0.4, -0.2) is 30.5 Å². The molecule has 1 heterocycles. The summed E-state index contributed by atoms with van der Waals surface area (Å²) in [5.41, 5.74) is 3.65. The van der Waals surface area contributed by atoms with E-state index >= 15 is 0 Å². The van der Waals surface area contributed by atoms with E-state index in [0.717, 1.165) is 16.8 Å². The molecule has 0 bridgehead atoms. The fourth-order valence-corrected chi connectivity index (χ4v) is 5.44. The van der Waals surface area contributed by atoms with Crippen molar-refractivity contribution in [2.75, 3.05) is 12.0 Å². The van der Waals surface area contributed by atoms with Crippen LogP contribution in [-0.2, 0) is 14.4 Å². The number of anilines is 1. The van der Waals surface area contributed by atoms with Crippen LogP contribution in [0.5, 0.6) is 5.75 Å². The number of methoxy groups -OCH3 is 1. The SMILES string of the molecule is COc1cccc([C@H]2[C@H]3C(=O)C[C@H](c4ccccc4)CC3=Nc3ccccc3N2C(=O)CCC(=O)[O-])c1. The van der Waals surface area contributed by atoms with E-state index in [9.17, 15) is 19.5 Å². The number of rotatable bonds is 6. The number of ether oxygens (including phenoxy) is 1. The number of ketones is 1. The molecule has 0 saturated heterocycles. The normalized spacial score (nSPS) is 20.8. The molecular weight excluding hydrogens is 468 g/mol. The lowest BCUT2D eigenvalue weighted by Gasteiger charge is -2.39. The van der Waals surface area contributed by atoms with Crippen molar-refractivity contribution in [3.63, 3.8) is 0 Å². The molecule has 5 rings (SSSR count). The van der Waals surface area contributed by atoms with Crippen LogP contribution in [0.3, 0.4) is 0 Å². The third-order valence-corrected chi connectivity index (χ3v) is 7.13. The number of carboxylic acids is 1. The van der Waals surface area contributed by atoms with E-state index in [0.29, 0.717) is 30.0 Å². The van der Waals surface area contributed by atoms with E-state index in [1.165, 1.54) is 0 Å². The molecule has 3 aromatic carbocycles. The second-order valence-corrected chi connectivity index (χ2v) is 9.41. The molecule has 7 nitrogen and oxygen atoms in total. The summed E-state index contributed by atoms with van der Waals surface area (Å²) in [5.74, 6) is -1.79. The first-order chi connectivity index (χ1) is 18.0. The zero-order valence-electron chi connectivity index (χ0n) is 20.5. The monoisotopic (exact) mass is 495 g/mol. The Hall–Kier alpha value is -4.26. The lowest BCUT2D eigenvalue weighted by Crippen LogP contribution is -2.45. The maximum absolute atomic E-state index is 13.9. The van der Waals surface area contributed by atoms with Gasteiger partial charge in [-0.3, -0.25) is 14.6 Å². The number of nitrogens with zero attached hydrogens (tertiary/aromatic N) is 2. The number of carbonyl (C=O) groups is 3. The number of Topliss-reactive ketones (excluding diaryl/α,β-unsaturated/α-hetero) is 1. The number of hydrogen-bond donors (Lipinski definition) is 0. The van der Waals surface area contributed by atoms with E-state index in [1.807, 2.05) is 66.7 Å². The van der Waals surface area contributed by atoms with Crippen molar-refractivity contribution in [2.24, 2.45) is 10.9 Å². The largest absolute Gasteiger partial charge is 0.550 e. The number of para-hydroxylation sites is 2. The van der Waals surface area contributed by atoms with Crippen LogP contribution >= 0.6 is 0 Å². The summed E-state index contributed by atoms with van der Waals surface area (Å²) < 4.78 is 5.45. The molecule has 0 radical (unpaired) electrons. The molecule has 1 aliphatic heterocycles. The first kappa shape index (κ1) is 24.4. The molecule has 1 fully saturated rings. The summed E-state index contributed by atoms with van der Waals surface area (Å²) in [4.78, 5) is 45.3. The molecule has 0 aromatic heterocycles. The molecule has 37 heavy (non-hydrogen) atoms. The lowest BCUT2D eigenvalue weighted by molar-refractivity contribution is -0.305. The fourth-order valence-electron chi connectivity index (χ4n) is 5.44. The molecule has 188 valence electrons. The minimum atomic E-state index is -1.30. The summed E-state index contributed by atoms with van der Waals surface area (Å²) in [5, 5.41) is 11.2. The van der Waals surface area contributed by atoms with Crippen LogP contribution in [0.4, 0.5) is 11.4 Å². The summed E-state index contributed by atoms with van der Waals surface area (Å²) in [6.45, 7) is 0. The summed E-state index contributed by atoms with van der Waals surface area (Å²) in [7, 11) is 1.56. The van der Waals surface area contributed by atoms with Crippen molar-refractivity contribution >= 4 is 34.7 Å². The third kappa shape index (κ3) is 4.89. The number of carbonyl (C=O) groups excluding carboxylic acids is 3. The average Bonchev–Trinajstić information content (AvgIpc) is 3.07. The van der Waals surface area contributed by atoms with Crippen molar-refractivity contribution in [1.29, 1.82) is 0 Å². The number of aliphatic carboxylic acids is 1. The van der Waals surface area contributed by atoms with Crippen molar-refractivity contribution in [1.82, 2.24) is 0 Å². The van der Waals surface area contributed by atoms with E-state index < -0.39 is 30.3 Å². The molecule has 0 N–H and O–H groups in total. The number of fused-ring (bicyclic) bond motifs is 2. The van der Waals surface area contributed by atoms with Gasteiger partial charge in [-0.2, -0.15) is 0 Å². The van der Waals surface area contributed by atoms with Gasteiger partial charge in [-0.05, 0) is 54.2 Å². The van der Waals surface area contributed by atoms with Gasteiger partial charge in [0.25, 0.3) is 0 Å². The van der Waals surface area contributed by atoms with Gasteiger partial charge >= 0.3 is 0 Å². The van der Waals surface area contributed by atoms with Gasteiger partial charge in [-0.25, -0.2) is 0 Å². The van der Waals surface area contributed by atoms with Crippen molar-refractivity contribution in [3.05, 3.63) is 90.0 Å². The van der Waals surface area contributed by atoms with Crippen LogP contribution < -0.4 is 14.7 Å². The predicted molar refractivity (Wildman–Crippen MR) is 138 cm³/mol. The summed E-state index contributed by atoms with van der Waals surface area (Å²) in [6.07, 6.45) is 0.243. The van der Waals surface area contributed by atoms with Crippen LogP contribution in [0.15, 0.2) is 83.9 Å². The minimum absolute atomic E-state index is 0.00261. The highest BCUT2D eigenvalue weighted by molar-refractivity contribution is 6.13. The maximum Gasteiger partial charge on any atom is 0.228 e. The number of amides is 1. The van der Waals surface area contributed by atoms with Gasteiger partial charge in [-0.15, -0.1) is 0 Å². The second-order valence-electron chi connectivity index (χ2n) is 9.41. The second kappa shape index (κ2) is 10.4. The van der Waals surface area contributed by atoms with Crippen LogP contribution in [0, 0.1) is 5.92 Å². The molecule has 7 heteroatoms. The Bertz CT molecular complexity index is 1370. The van der Waals surface area contributed by atoms with Gasteiger partial charge in [-0.1, -0.05) is 54.6 Å². The van der Waals surface area contributed by atoms with Gasteiger partial charge in [0.15, 0.2) is 0 Å². The van der Waals surface area contributed by atoms with Crippen molar-refractivity contribution in [2.45, 2.75) is 37.6 Å². The van der Waals surface area contributed by atoms with Crippen LogP contribution in [0.2, 0.25) is 0 Å². The maximum atomic E-state index is 13.9. The van der Waals surface area contributed by atoms with Gasteiger partial charge in [0.1, 0.15) is 11.5 Å². The highest BCUT2D eigenvalue weighted by atomic mass is 16.5. The molecular formula is C30H27N2O5-. The molecule has 2 aliphatic rings. The first-order valence-corrected chi connectivity index (χ1v) is 12.4. The van der Waals surface area contributed by atoms with Gasteiger partial charge in [0, 0.05) is 24.5 Å². The Morgan fingerprint density at radius 1 is 0.946 bits per heavy atom. The topological polar surface area (TPSA) is 99.1 Å². The smallest absolute Gasteiger partial charge is 0.228 e. The zero-order valence-corrected chi connectivity index (χ0v) is 20.5. The lowest BCUT2D eigenvalue weighted by atomic mass is 9.72. The van der Waals surface area contributed by atoms with Gasteiger partial charge in [0.05, 0.1) is 30.4 Å². The molecule has 1 saturated carbocycles. The first-order valence-electron chi connectivity index (χ1n) is 12.4. The number of hydrogen-bond acceptors (Lipinski definition) is 6. The summed E-state index contributed by atoms with van der Waals surface area (Å²) >= 11 is 0. The molecule has 3 aromatic rings. The van der Waals surface area contributed by atoms with E-state index in [2.05, 4.69) is 0 Å². The third-order valence-electron chi connectivity index (χ3n) is 7.13. The Morgan fingerprint density at radius 3 is 2.43 bits per heavy atom. The predicted octanol–water partition coefficient (Wildman–Crippen LogP) is 4.15. The van der Waals surface area contributed by atoms with E-state index in [-0.39, 0.29) is 18.1 Å². The van der Waals surface area contributed by atoms with Crippen LogP contribution in [0.1, 0.15) is 48.8 Å². The number of carboxylic acid groups (broad SMARTS) is 1. The highest BCUT2D eigenvalue weighted by Gasteiger charge is 2.46. The molecule has 0 unspecified atom stereocenters. The highest BCUT2D eigenvalue weighted by Crippen LogP contribution is 2.47. The molecule has 1 amide bonds. The average molecular weight is 496 g/mol.